The van der Waals surface area contributed by atoms with E-state index in [0.29, 0.717) is 5.82 Å². The van der Waals surface area contributed by atoms with Gasteiger partial charge in [0.25, 0.3) is 5.89 Å². The number of rotatable bonds is 4. The zero-order valence-corrected chi connectivity index (χ0v) is 10.1. The van der Waals surface area contributed by atoms with Crippen LogP contribution in [0.2, 0.25) is 0 Å². The molecule has 0 saturated carbocycles. The lowest BCUT2D eigenvalue weighted by Crippen LogP contribution is -2.11. The topological polar surface area (TPSA) is 85.2 Å². The Labute approximate surface area is 103 Å². The minimum absolute atomic E-state index is 0.0625. The Hall–Kier alpha value is -1.37. The van der Waals surface area contributed by atoms with Crippen molar-refractivity contribution in [2.24, 2.45) is 5.73 Å². The van der Waals surface area contributed by atoms with E-state index in [1.807, 2.05) is 30.5 Å². The summed E-state index contributed by atoms with van der Waals surface area (Å²) >= 11 is 1.67. The summed E-state index contributed by atoms with van der Waals surface area (Å²) < 4.78 is 4.93. The number of nitrogens with zero attached hydrogens (tertiary/aromatic N) is 2. The summed E-state index contributed by atoms with van der Waals surface area (Å²) in [6, 6.07) is 7.79. The second-order valence-corrected chi connectivity index (χ2v) is 4.32. The number of aliphatic hydroxyl groups excluding tert-OH is 1. The van der Waals surface area contributed by atoms with Crippen molar-refractivity contribution in [3.8, 4) is 11.4 Å². The van der Waals surface area contributed by atoms with Gasteiger partial charge in [-0.2, -0.15) is 4.98 Å². The summed E-state index contributed by atoms with van der Waals surface area (Å²) in [5, 5.41) is 13.2. The molecule has 0 aliphatic carbocycles. The van der Waals surface area contributed by atoms with E-state index in [1.165, 1.54) is 4.90 Å². The number of aliphatic hydroxyl groups is 1. The van der Waals surface area contributed by atoms with Crippen LogP contribution in [0.1, 0.15) is 12.0 Å². The second-order valence-electron chi connectivity index (χ2n) is 3.44. The van der Waals surface area contributed by atoms with Crippen LogP contribution in [-0.2, 0) is 0 Å². The molecule has 0 fully saturated rings. The third-order valence-electron chi connectivity index (χ3n) is 2.30. The third-order valence-corrected chi connectivity index (χ3v) is 3.04. The van der Waals surface area contributed by atoms with Crippen LogP contribution in [0.4, 0.5) is 0 Å². The number of hydrogen-bond donors (Lipinski definition) is 2. The van der Waals surface area contributed by atoms with Gasteiger partial charge in [-0.05, 0) is 30.5 Å². The largest absolute Gasteiger partial charge is 0.382 e. The van der Waals surface area contributed by atoms with Gasteiger partial charge in [0.2, 0.25) is 5.82 Å². The molecule has 0 spiro atoms. The van der Waals surface area contributed by atoms with E-state index < -0.39 is 6.10 Å². The van der Waals surface area contributed by atoms with Crippen molar-refractivity contribution in [3.63, 3.8) is 0 Å². The van der Waals surface area contributed by atoms with E-state index in [4.69, 9.17) is 10.3 Å². The van der Waals surface area contributed by atoms with Crippen molar-refractivity contribution >= 4 is 11.8 Å². The molecule has 1 atom stereocenters. The van der Waals surface area contributed by atoms with Gasteiger partial charge in [0.05, 0.1) is 0 Å². The van der Waals surface area contributed by atoms with Crippen LogP contribution in [0.5, 0.6) is 0 Å². The van der Waals surface area contributed by atoms with Gasteiger partial charge < -0.3 is 15.4 Å². The molecule has 1 heterocycles. The smallest absolute Gasteiger partial charge is 0.257 e. The fourth-order valence-corrected chi connectivity index (χ4v) is 1.74. The minimum atomic E-state index is -0.901. The van der Waals surface area contributed by atoms with Crippen molar-refractivity contribution in [3.05, 3.63) is 30.2 Å². The number of thioether (sulfide) groups is 1. The Morgan fingerprint density at radius 3 is 2.71 bits per heavy atom. The van der Waals surface area contributed by atoms with Crippen LogP contribution in [0.15, 0.2) is 33.7 Å². The molecule has 2 rings (SSSR count). The van der Waals surface area contributed by atoms with Crippen LogP contribution >= 0.6 is 11.8 Å². The van der Waals surface area contributed by atoms with Gasteiger partial charge in [-0.15, -0.1) is 11.8 Å². The molecule has 3 N–H and O–H groups in total. The predicted octanol–water partition coefficient (Wildman–Crippen LogP) is 1.45. The molecule has 0 amide bonds. The minimum Gasteiger partial charge on any atom is -0.382 e. The highest BCUT2D eigenvalue weighted by molar-refractivity contribution is 7.98. The Balaban J connectivity index is 2.24. The lowest BCUT2D eigenvalue weighted by molar-refractivity contribution is 0.141. The first-order valence-corrected chi connectivity index (χ1v) is 6.33. The molecule has 0 unspecified atom stereocenters. The molecule has 0 aliphatic heterocycles. The van der Waals surface area contributed by atoms with Gasteiger partial charge in [-0.25, -0.2) is 0 Å². The maximum Gasteiger partial charge on any atom is 0.257 e. The van der Waals surface area contributed by atoms with Gasteiger partial charge in [0.15, 0.2) is 0 Å². The molecule has 2 aromatic rings. The normalized spacial score (nSPS) is 12.6. The van der Waals surface area contributed by atoms with Crippen molar-refractivity contribution < 1.29 is 9.63 Å². The molecule has 5 nitrogen and oxygen atoms in total. The molecular weight excluding hydrogens is 238 g/mol. The van der Waals surface area contributed by atoms with Crippen LogP contribution < -0.4 is 5.73 Å². The Morgan fingerprint density at radius 1 is 1.41 bits per heavy atom. The van der Waals surface area contributed by atoms with Gasteiger partial charge >= 0.3 is 0 Å². The molecule has 1 aromatic carbocycles. The van der Waals surface area contributed by atoms with Gasteiger partial charge in [0.1, 0.15) is 6.10 Å². The maximum atomic E-state index is 9.45. The molecule has 0 radical (unpaired) electrons. The standard InChI is InChI=1S/C11H13N3O2S/c1-17-8-4-2-7(3-5-8)10-13-11(16-14-10)9(15)6-12/h2-5,9,15H,6,12H2,1H3/t9-/m0/s1. The summed E-state index contributed by atoms with van der Waals surface area (Å²) in [5.74, 6) is 0.608. The summed E-state index contributed by atoms with van der Waals surface area (Å²) in [4.78, 5) is 5.26. The Morgan fingerprint density at radius 2 is 2.12 bits per heavy atom. The van der Waals surface area contributed by atoms with E-state index in [9.17, 15) is 5.11 Å². The molecule has 1 aromatic heterocycles. The number of benzene rings is 1. The van der Waals surface area contributed by atoms with Crippen LogP contribution in [0.3, 0.4) is 0 Å². The van der Waals surface area contributed by atoms with E-state index in [1.54, 1.807) is 11.8 Å². The van der Waals surface area contributed by atoms with E-state index in [2.05, 4.69) is 10.1 Å². The lowest BCUT2D eigenvalue weighted by atomic mass is 10.2. The zero-order valence-electron chi connectivity index (χ0n) is 9.33. The predicted molar refractivity (Wildman–Crippen MR) is 65.5 cm³/mol. The molecule has 0 saturated heterocycles. The number of aromatic nitrogens is 2. The highest BCUT2D eigenvalue weighted by Crippen LogP contribution is 2.21. The molecule has 17 heavy (non-hydrogen) atoms. The average Bonchev–Trinajstić information content (AvgIpc) is 2.87. The Bertz CT molecular complexity index is 484. The van der Waals surface area contributed by atoms with Gasteiger partial charge in [0, 0.05) is 17.0 Å². The molecule has 90 valence electrons. The average molecular weight is 251 g/mol. The summed E-state index contributed by atoms with van der Waals surface area (Å²) in [6.45, 7) is 0.0625. The van der Waals surface area contributed by atoms with Crippen molar-refractivity contribution in [2.45, 2.75) is 11.0 Å². The summed E-state index contributed by atoms with van der Waals surface area (Å²) in [7, 11) is 0. The fraction of sp³-hybridized carbons (Fsp3) is 0.273. The second kappa shape index (κ2) is 5.31. The fourth-order valence-electron chi connectivity index (χ4n) is 1.33. The molecular formula is C11H13N3O2S. The first-order chi connectivity index (χ1) is 8.24. The van der Waals surface area contributed by atoms with E-state index in [-0.39, 0.29) is 12.4 Å². The first-order valence-electron chi connectivity index (χ1n) is 5.10. The molecule has 0 bridgehead atoms. The zero-order chi connectivity index (χ0) is 12.3. The summed E-state index contributed by atoms with van der Waals surface area (Å²) in [6.07, 6.45) is 1.11. The van der Waals surface area contributed by atoms with Crippen LogP contribution in [-0.4, -0.2) is 28.0 Å². The quantitative estimate of drug-likeness (QED) is 0.800. The molecule has 6 heteroatoms. The first kappa shape index (κ1) is 12.1. The number of nitrogens with two attached hydrogens (primary N) is 1. The number of hydrogen-bond acceptors (Lipinski definition) is 6. The monoisotopic (exact) mass is 251 g/mol. The lowest BCUT2D eigenvalue weighted by Gasteiger charge is -1.98. The maximum absolute atomic E-state index is 9.45. The van der Waals surface area contributed by atoms with Gasteiger partial charge in [-0.3, -0.25) is 0 Å². The third kappa shape index (κ3) is 2.66. The highest BCUT2D eigenvalue weighted by atomic mass is 32.2. The SMILES string of the molecule is CSc1ccc(-c2noc([C@@H](O)CN)n2)cc1. The highest BCUT2D eigenvalue weighted by Gasteiger charge is 2.15. The molecule has 0 aliphatic rings. The van der Waals surface area contributed by atoms with Crippen LogP contribution in [0, 0.1) is 0 Å². The van der Waals surface area contributed by atoms with Crippen LogP contribution in [0.25, 0.3) is 11.4 Å². The van der Waals surface area contributed by atoms with Crippen molar-refractivity contribution in [1.82, 2.24) is 10.1 Å². The summed E-state index contributed by atoms with van der Waals surface area (Å²) in [5.41, 5.74) is 6.16. The Kier molecular flexibility index (Phi) is 3.78. The van der Waals surface area contributed by atoms with E-state index >= 15 is 0 Å². The van der Waals surface area contributed by atoms with Gasteiger partial charge in [-0.1, -0.05) is 5.16 Å². The van der Waals surface area contributed by atoms with Crippen molar-refractivity contribution in [1.29, 1.82) is 0 Å². The van der Waals surface area contributed by atoms with E-state index in [0.717, 1.165) is 5.56 Å². The van der Waals surface area contributed by atoms with Crippen molar-refractivity contribution in [2.75, 3.05) is 12.8 Å².